The quantitative estimate of drug-likeness (QED) is 0.874. The summed E-state index contributed by atoms with van der Waals surface area (Å²) in [6.07, 6.45) is 0. The molecule has 0 heterocycles. The lowest BCUT2D eigenvalue weighted by molar-refractivity contribution is 0.0696. The normalized spacial score (nSPS) is 10.1. The molecule has 2 aromatic rings. The monoisotopic (exact) mass is 353 g/mol. The van der Waals surface area contributed by atoms with Crippen molar-refractivity contribution in [2.45, 2.75) is 0 Å². The summed E-state index contributed by atoms with van der Waals surface area (Å²) in [5, 5.41) is 11.8. The van der Waals surface area contributed by atoms with Crippen LogP contribution in [0.5, 0.6) is 0 Å². The van der Waals surface area contributed by atoms with Gasteiger partial charge in [0.05, 0.1) is 16.1 Å². The molecule has 0 fully saturated rings. The molecule has 0 aliphatic carbocycles. The SMILES string of the molecule is O=C(O)c1cccc(NC(=O)c2cc(Br)ccc2Cl)c1. The highest BCUT2D eigenvalue weighted by molar-refractivity contribution is 9.10. The van der Waals surface area contributed by atoms with Gasteiger partial charge in [-0.05, 0) is 36.4 Å². The fourth-order valence-electron chi connectivity index (χ4n) is 1.60. The molecule has 6 heteroatoms. The largest absolute Gasteiger partial charge is 0.478 e. The van der Waals surface area contributed by atoms with E-state index >= 15 is 0 Å². The van der Waals surface area contributed by atoms with Crippen LogP contribution in [-0.4, -0.2) is 17.0 Å². The minimum absolute atomic E-state index is 0.100. The summed E-state index contributed by atoms with van der Waals surface area (Å²) in [6, 6.07) is 10.9. The third-order valence-electron chi connectivity index (χ3n) is 2.54. The maximum absolute atomic E-state index is 12.1. The number of aromatic carboxylic acids is 1. The fourth-order valence-corrected chi connectivity index (χ4v) is 2.16. The van der Waals surface area contributed by atoms with Gasteiger partial charge in [-0.25, -0.2) is 4.79 Å². The highest BCUT2D eigenvalue weighted by Gasteiger charge is 2.12. The smallest absolute Gasteiger partial charge is 0.335 e. The van der Waals surface area contributed by atoms with E-state index in [4.69, 9.17) is 16.7 Å². The summed E-state index contributed by atoms with van der Waals surface area (Å²) < 4.78 is 0.728. The predicted octanol–water partition coefficient (Wildman–Crippen LogP) is 4.05. The molecule has 4 nitrogen and oxygen atoms in total. The summed E-state index contributed by atoms with van der Waals surface area (Å²) in [5.41, 5.74) is 0.802. The minimum atomic E-state index is -1.05. The number of anilines is 1. The average Bonchev–Trinajstić information content (AvgIpc) is 2.41. The minimum Gasteiger partial charge on any atom is -0.478 e. The number of rotatable bonds is 3. The third kappa shape index (κ3) is 3.37. The summed E-state index contributed by atoms with van der Waals surface area (Å²) in [5.74, 6) is -1.46. The number of carbonyl (C=O) groups is 2. The molecular weight excluding hydrogens is 346 g/mol. The highest BCUT2D eigenvalue weighted by atomic mass is 79.9. The Kier molecular flexibility index (Phi) is 4.42. The van der Waals surface area contributed by atoms with Crippen LogP contribution in [0.4, 0.5) is 5.69 Å². The van der Waals surface area contributed by atoms with E-state index < -0.39 is 11.9 Å². The van der Waals surface area contributed by atoms with Crippen molar-refractivity contribution in [3.8, 4) is 0 Å². The van der Waals surface area contributed by atoms with Gasteiger partial charge in [0.15, 0.2) is 0 Å². The molecular formula is C14H9BrClNO3. The lowest BCUT2D eigenvalue weighted by atomic mass is 10.1. The van der Waals surface area contributed by atoms with Crippen LogP contribution in [0.15, 0.2) is 46.9 Å². The third-order valence-corrected chi connectivity index (χ3v) is 3.36. The second-order valence-electron chi connectivity index (χ2n) is 3.96. The number of carboxylic acids is 1. The Morgan fingerprint density at radius 2 is 1.90 bits per heavy atom. The molecule has 0 saturated carbocycles. The van der Waals surface area contributed by atoms with Gasteiger partial charge in [-0.2, -0.15) is 0 Å². The molecule has 0 aliphatic heterocycles. The van der Waals surface area contributed by atoms with Gasteiger partial charge < -0.3 is 10.4 Å². The predicted molar refractivity (Wildman–Crippen MR) is 80.5 cm³/mol. The Bertz CT molecular complexity index is 688. The van der Waals surface area contributed by atoms with Gasteiger partial charge in [-0.1, -0.05) is 33.6 Å². The second kappa shape index (κ2) is 6.07. The lowest BCUT2D eigenvalue weighted by Gasteiger charge is -2.08. The number of carboxylic acid groups (broad SMARTS) is 1. The Morgan fingerprint density at radius 1 is 1.15 bits per heavy atom. The highest BCUT2D eigenvalue weighted by Crippen LogP contribution is 2.22. The van der Waals surface area contributed by atoms with E-state index in [1.54, 1.807) is 30.3 Å². The number of carbonyl (C=O) groups excluding carboxylic acids is 1. The molecule has 0 bridgehead atoms. The molecule has 2 rings (SSSR count). The Labute approximate surface area is 128 Å². The van der Waals surface area contributed by atoms with Crippen molar-refractivity contribution in [1.82, 2.24) is 0 Å². The zero-order chi connectivity index (χ0) is 14.7. The van der Waals surface area contributed by atoms with E-state index in [1.807, 2.05) is 0 Å². The van der Waals surface area contributed by atoms with E-state index in [0.29, 0.717) is 16.3 Å². The molecule has 20 heavy (non-hydrogen) atoms. The van der Waals surface area contributed by atoms with Gasteiger partial charge in [-0.15, -0.1) is 0 Å². The molecule has 2 N–H and O–H groups in total. The second-order valence-corrected chi connectivity index (χ2v) is 5.29. The van der Waals surface area contributed by atoms with Crippen molar-refractivity contribution < 1.29 is 14.7 Å². The van der Waals surface area contributed by atoms with Crippen LogP contribution in [-0.2, 0) is 0 Å². The van der Waals surface area contributed by atoms with E-state index in [0.717, 1.165) is 4.47 Å². The Balaban J connectivity index is 2.25. The van der Waals surface area contributed by atoms with Crippen LogP contribution < -0.4 is 5.32 Å². The number of benzene rings is 2. The van der Waals surface area contributed by atoms with Crippen LogP contribution in [0.2, 0.25) is 5.02 Å². The van der Waals surface area contributed by atoms with Crippen molar-refractivity contribution in [3.63, 3.8) is 0 Å². The Hall–Kier alpha value is -1.85. The first-order valence-corrected chi connectivity index (χ1v) is 6.74. The van der Waals surface area contributed by atoms with E-state index in [2.05, 4.69) is 21.2 Å². The molecule has 1 amide bonds. The van der Waals surface area contributed by atoms with Gasteiger partial charge in [0.1, 0.15) is 0 Å². The van der Waals surface area contributed by atoms with Crippen LogP contribution in [0, 0.1) is 0 Å². The van der Waals surface area contributed by atoms with Crippen LogP contribution in [0.25, 0.3) is 0 Å². The Morgan fingerprint density at radius 3 is 2.60 bits per heavy atom. The van der Waals surface area contributed by atoms with E-state index in [9.17, 15) is 9.59 Å². The molecule has 0 aliphatic rings. The van der Waals surface area contributed by atoms with Crippen molar-refractivity contribution in [2.24, 2.45) is 0 Å². The molecule has 2 aromatic carbocycles. The van der Waals surface area contributed by atoms with E-state index in [-0.39, 0.29) is 5.56 Å². The standard InChI is InChI=1S/C14H9BrClNO3/c15-9-4-5-12(16)11(7-9)13(18)17-10-3-1-2-8(6-10)14(19)20/h1-7H,(H,17,18)(H,19,20). The summed E-state index contributed by atoms with van der Waals surface area (Å²) in [7, 11) is 0. The molecule has 0 aromatic heterocycles. The zero-order valence-electron chi connectivity index (χ0n) is 10.1. The number of hydrogen-bond acceptors (Lipinski definition) is 2. The lowest BCUT2D eigenvalue weighted by Crippen LogP contribution is -2.13. The molecule has 0 atom stereocenters. The van der Waals surface area contributed by atoms with Gasteiger partial charge in [-0.3, -0.25) is 4.79 Å². The van der Waals surface area contributed by atoms with E-state index in [1.165, 1.54) is 12.1 Å². The first kappa shape index (κ1) is 14.6. The topological polar surface area (TPSA) is 66.4 Å². The van der Waals surface area contributed by atoms with Gasteiger partial charge >= 0.3 is 5.97 Å². The molecule has 0 spiro atoms. The number of halogens is 2. The summed E-state index contributed by atoms with van der Waals surface area (Å²) in [4.78, 5) is 23.0. The summed E-state index contributed by atoms with van der Waals surface area (Å²) in [6.45, 7) is 0. The molecule has 0 unspecified atom stereocenters. The molecule has 0 radical (unpaired) electrons. The number of hydrogen-bond donors (Lipinski definition) is 2. The summed E-state index contributed by atoms with van der Waals surface area (Å²) >= 11 is 9.23. The van der Waals surface area contributed by atoms with Crippen LogP contribution in [0.3, 0.4) is 0 Å². The van der Waals surface area contributed by atoms with Crippen LogP contribution >= 0.6 is 27.5 Å². The van der Waals surface area contributed by atoms with Crippen molar-refractivity contribution in [3.05, 3.63) is 63.1 Å². The number of amides is 1. The van der Waals surface area contributed by atoms with Crippen molar-refractivity contribution in [1.29, 1.82) is 0 Å². The maximum Gasteiger partial charge on any atom is 0.335 e. The first-order valence-electron chi connectivity index (χ1n) is 5.57. The van der Waals surface area contributed by atoms with Crippen molar-refractivity contribution in [2.75, 3.05) is 5.32 Å². The van der Waals surface area contributed by atoms with Crippen molar-refractivity contribution >= 4 is 45.1 Å². The van der Waals surface area contributed by atoms with Gasteiger partial charge in [0, 0.05) is 10.2 Å². The fraction of sp³-hybridized carbons (Fsp3) is 0. The average molecular weight is 355 g/mol. The number of nitrogens with one attached hydrogen (secondary N) is 1. The maximum atomic E-state index is 12.1. The zero-order valence-corrected chi connectivity index (χ0v) is 12.4. The molecule has 0 saturated heterocycles. The van der Waals surface area contributed by atoms with Gasteiger partial charge in [0.2, 0.25) is 0 Å². The van der Waals surface area contributed by atoms with Crippen LogP contribution in [0.1, 0.15) is 20.7 Å². The first-order chi connectivity index (χ1) is 9.47. The molecule has 102 valence electrons. The van der Waals surface area contributed by atoms with Gasteiger partial charge in [0.25, 0.3) is 5.91 Å².